The number of aromatic amines is 1. The molecule has 26 heavy (non-hydrogen) atoms. The summed E-state index contributed by atoms with van der Waals surface area (Å²) in [7, 11) is 0. The van der Waals surface area contributed by atoms with Crippen LogP contribution in [0.1, 0.15) is 29.3 Å². The molecule has 5 nitrogen and oxygen atoms in total. The lowest BCUT2D eigenvalue weighted by atomic mass is 9.97. The Hall–Kier alpha value is -2.92. The largest absolute Gasteiger partial charge is 0.508 e. The van der Waals surface area contributed by atoms with Crippen LogP contribution in [0.4, 0.5) is 0 Å². The Labute approximate surface area is 152 Å². The molecular formula is C21H21N3O2. The maximum absolute atomic E-state index is 13.1. The van der Waals surface area contributed by atoms with Gasteiger partial charge >= 0.3 is 0 Å². The summed E-state index contributed by atoms with van der Waals surface area (Å²) in [4.78, 5) is 22.6. The van der Waals surface area contributed by atoms with Crippen molar-refractivity contribution in [3.63, 3.8) is 0 Å². The minimum Gasteiger partial charge on any atom is -0.508 e. The maximum Gasteiger partial charge on any atom is 0.181 e. The van der Waals surface area contributed by atoms with Gasteiger partial charge in [-0.3, -0.25) is 9.69 Å². The van der Waals surface area contributed by atoms with Crippen molar-refractivity contribution in [2.75, 3.05) is 13.1 Å². The highest BCUT2D eigenvalue weighted by Crippen LogP contribution is 2.26. The molecule has 2 aromatic heterocycles. The van der Waals surface area contributed by atoms with Crippen molar-refractivity contribution in [1.29, 1.82) is 0 Å². The Morgan fingerprint density at radius 3 is 3.04 bits per heavy atom. The smallest absolute Gasteiger partial charge is 0.181 e. The van der Waals surface area contributed by atoms with Gasteiger partial charge in [0.2, 0.25) is 0 Å². The quantitative estimate of drug-likeness (QED) is 0.707. The second-order valence-corrected chi connectivity index (χ2v) is 6.68. The molecule has 0 aliphatic carbocycles. The van der Waals surface area contributed by atoms with Crippen LogP contribution in [0.25, 0.3) is 16.6 Å². The molecule has 0 spiro atoms. The third-order valence-corrected chi connectivity index (χ3v) is 5.04. The van der Waals surface area contributed by atoms with Gasteiger partial charge in [-0.2, -0.15) is 0 Å². The molecule has 1 unspecified atom stereocenters. The van der Waals surface area contributed by atoms with Crippen molar-refractivity contribution in [3.05, 3.63) is 66.0 Å². The summed E-state index contributed by atoms with van der Waals surface area (Å²) in [6.07, 6.45) is 6.55. The van der Waals surface area contributed by atoms with Crippen LogP contribution in [0.2, 0.25) is 0 Å². The highest BCUT2D eigenvalue weighted by molar-refractivity contribution is 6.09. The maximum atomic E-state index is 13.1. The number of phenolic OH excluding ortho intramolecular Hbond substituents is 1. The van der Waals surface area contributed by atoms with Gasteiger partial charge in [0.15, 0.2) is 5.78 Å². The summed E-state index contributed by atoms with van der Waals surface area (Å²) < 4.78 is 0. The number of fused-ring (bicyclic) bond motifs is 1. The van der Waals surface area contributed by atoms with E-state index in [2.05, 4.69) is 20.9 Å². The van der Waals surface area contributed by atoms with Gasteiger partial charge in [0.25, 0.3) is 0 Å². The van der Waals surface area contributed by atoms with E-state index in [9.17, 15) is 9.90 Å². The molecule has 1 atom stereocenters. The molecule has 132 valence electrons. The van der Waals surface area contributed by atoms with Gasteiger partial charge in [0, 0.05) is 36.4 Å². The number of nitrogens with one attached hydrogen (secondary N) is 1. The van der Waals surface area contributed by atoms with Gasteiger partial charge < -0.3 is 10.1 Å². The highest BCUT2D eigenvalue weighted by Gasteiger charge is 2.26. The van der Waals surface area contributed by atoms with Crippen LogP contribution in [0.5, 0.6) is 5.75 Å². The number of carbonyl (C=O) groups is 1. The first kappa shape index (κ1) is 16.5. The van der Waals surface area contributed by atoms with Crippen LogP contribution in [-0.4, -0.2) is 44.9 Å². The normalized spacial score (nSPS) is 16.4. The average Bonchev–Trinajstić information content (AvgIpc) is 3.11. The molecule has 1 aliphatic rings. The van der Waals surface area contributed by atoms with Gasteiger partial charge in [-0.15, -0.1) is 0 Å². The lowest BCUT2D eigenvalue weighted by Crippen LogP contribution is -2.42. The first-order valence-electron chi connectivity index (χ1n) is 8.82. The van der Waals surface area contributed by atoms with Gasteiger partial charge in [0.05, 0.1) is 6.04 Å². The van der Waals surface area contributed by atoms with Crippen LogP contribution in [0.15, 0.2) is 54.9 Å². The second-order valence-electron chi connectivity index (χ2n) is 6.68. The van der Waals surface area contributed by atoms with Gasteiger partial charge in [-0.05, 0) is 48.7 Å². The van der Waals surface area contributed by atoms with Crippen LogP contribution >= 0.6 is 0 Å². The third-order valence-electron chi connectivity index (χ3n) is 5.04. The number of carbonyl (C=O) groups excluding carboxylic acids is 1. The first-order valence-corrected chi connectivity index (χ1v) is 8.82. The molecule has 0 saturated heterocycles. The van der Waals surface area contributed by atoms with Crippen molar-refractivity contribution in [3.8, 4) is 5.75 Å². The number of nitrogens with zero attached hydrogens (tertiary/aromatic N) is 2. The molecule has 1 aromatic carbocycles. The molecule has 4 rings (SSSR count). The molecule has 0 saturated carbocycles. The monoisotopic (exact) mass is 347 g/mol. The minimum absolute atomic E-state index is 0.0985. The zero-order valence-electron chi connectivity index (χ0n) is 14.6. The summed E-state index contributed by atoms with van der Waals surface area (Å²) >= 11 is 0. The van der Waals surface area contributed by atoms with Gasteiger partial charge in [0.1, 0.15) is 11.4 Å². The Morgan fingerprint density at radius 1 is 1.31 bits per heavy atom. The van der Waals surface area contributed by atoms with Crippen LogP contribution in [-0.2, 0) is 0 Å². The molecule has 0 bridgehead atoms. The summed E-state index contributed by atoms with van der Waals surface area (Å²) in [6, 6.07) is 10.8. The van der Waals surface area contributed by atoms with E-state index in [0.29, 0.717) is 12.1 Å². The van der Waals surface area contributed by atoms with E-state index < -0.39 is 0 Å². The first-order chi connectivity index (χ1) is 12.6. The fraction of sp³-hybridized carbons (Fsp3) is 0.238. The molecule has 1 aliphatic heterocycles. The van der Waals surface area contributed by atoms with E-state index in [1.807, 2.05) is 31.2 Å². The number of ketones is 1. The Morgan fingerprint density at radius 2 is 2.19 bits per heavy atom. The summed E-state index contributed by atoms with van der Waals surface area (Å²) in [5, 5.41) is 10.6. The lowest BCUT2D eigenvalue weighted by Gasteiger charge is -2.32. The fourth-order valence-corrected chi connectivity index (χ4v) is 3.56. The highest BCUT2D eigenvalue weighted by atomic mass is 16.3. The number of Topliss-reactive ketones (excluding diaryl/α,β-unsaturated/α-hetero) is 1. The molecule has 0 radical (unpaired) electrons. The number of hydrogen-bond donors (Lipinski definition) is 2. The van der Waals surface area contributed by atoms with Gasteiger partial charge in [-0.1, -0.05) is 18.2 Å². The number of H-pyrrole nitrogens is 1. The SMILES string of the molecule is CC(C(=O)c1c[nH]c2ncccc12)N1CCC=C(c2cccc(O)c2)C1. The van der Waals surface area contributed by atoms with Crippen LogP contribution < -0.4 is 0 Å². The number of pyridine rings is 1. The molecule has 0 fully saturated rings. The summed E-state index contributed by atoms with van der Waals surface area (Å²) in [5.41, 5.74) is 3.58. The standard InChI is InChI=1S/C21H21N3O2/c1-14(20(26)19-12-23-21-18(19)8-3-9-22-21)24-10-4-6-16(13-24)15-5-2-7-17(25)11-15/h2-3,5-9,11-12,14,25H,4,10,13H2,1H3,(H,22,23). The van der Waals surface area contributed by atoms with Crippen LogP contribution in [0, 0.1) is 0 Å². The number of benzene rings is 1. The van der Waals surface area contributed by atoms with Crippen molar-refractivity contribution >= 4 is 22.4 Å². The van der Waals surface area contributed by atoms with Crippen molar-refractivity contribution in [2.24, 2.45) is 0 Å². The van der Waals surface area contributed by atoms with E-state index in [1.54, 1.807) is 24.5 Å². The van der Waals surface area contributed by atoms with E-state index >= 15 is 0 Å². The predicted octanol–water partition coefficient (Wildman–Crippen LogP) is 3.63. The van der Waals surface area contributed by atoms with Crippen molar-refractivity contribution in [2.45, 2.75) is 19.4 Å². The summed E-state index contributed by atoms with van der Waals surface area (Å²) in [5.74, 6) is 0.359. The van der Waals surface area contributed by atoms with E-state index in [0.717, 1.165) is 35.1 Å². The van der Waals surface area contributed by atoms with Crippen LogP contribution in [0.3, 0.4) is 0 Å². The van der Waals surface area contributed by atoms with E-state index in [-0.39, 0.29) is 17.6 Å². The van der Waals surface area contributed by atoms with Gasteiger partial charge in [-0.25, -0.2) is 4.98 Å². The predicted molar refractivity (Wildman–Crippen MR) is 102 cm³/mol. The Bertz CT molecular complexity index is 990. The molecule has 3 heterocycles. The number of aromatic hydroxyl groups is 1. The summed E-state index contributed by atoms with van der Waals surface area (Å²) in [6.45, 7) is 3.50. The Balaban J connectivity index is 1.56. The molecular weight excluding hydrogens is 326 g/mol. The minimum atomic E-state index is -0.227. The molecule has 0 amide bonds. The number of hydrogen-bond acceptors (Lipinski definition) is 4. The zero-order chi connectivity index (χ0) is 18.1. The fourth-order valence-electron chi connectivity index (χ4n) is 3.56. The van der Waals surface area contributed by atoms with E-state index in [1.165, 1.54) is 0 Å². The number of aromatic nitrogens is 2. The lowest BCUT2D eigenvalue weighted by molar-refractivity contribution is 0.0855. The third kappa shape index (κ3) is 3.02. The Kier molecular flexibility index (Phi) is 4.31. The van der Waals surface area contributed by atoms with Crippen molar-refractivity contribution in [1.82, 2.24) is 14.9 Å². The number of phenols is 1. The zero-order valence-corrected chi connectivity index (χ0v) is 14.6. The molecule has 3 aromatic rings. The van der Waals surface area contributed by atoms with E-state index in [4.69, 9.17) is 0 Å². The number of rotatable bonds is 4. The average molecular weight is 347 g/mol. The topological polar surface area (TPSA) is 69.2 Å². The second kappa shape index (κ2) is 6.77. The molecule has 5 heteroatoms. The molecule has 2 N–H and O–H groups in total. The van der Waals surface area contributed by atoms with Crippen molar-refractivity contribution < 1.29 is 9.90 Å².